The quantitative estimate of drug-likeness (QED) is 0.852. The summed E-state index contributed by atoms with van der Waals surface area (Å²) in [6.45, 7) is 7.65. The highest BCUT2D eigenvalue weighted by Gasteiger charge is 2.19. The van der Waals surface area contributed by atoms with Gasteiger partial charge in [-0.15, -0.1) is 0 Å². The second-order valence-corrected chi connectivity index (χ2v) is 6.32. The van der Waals surface area contributed by atoms with Gasteiger partial charge in [-0.1, -0.05) is 13.8 Å². The maximum Gasteiger partial charge on any atom is 0.107 e. The summed E-state index contributed by atoms with van der Waals surface area (Å²) >= 11 is 0. The number of aromatic nitrogens is 2. The fraction of sp³-hybridized carbons (Fsp3) is 0.562. The topological polar surface area (TPSA) is 47.1 Å². The van der Waals surface area contributed by atoms with Crippen molar-refractivity contribution < 1.29 is 0 Å². The van der Waals surface area contributed by atoms with Gasteiger partial charge in [-0.2, -0.15) is 0 Å². The fourth-order valence-electron chi connectivity index (χ4n) is 2.92. The second kappa shape index (κ2) is 5.83. The van der Waals surface area contributed by atoms with Gasteiger partial charge in [0.2, 0.25) is 0 Å². The molecule has 2 aromatic rings. The minimum Gasteiger partial charge on any atom is -0.399 e. The Kier molecular flexibility index (Phi) is 4.33. The van der Waals surface area contributed by atoms with Gasteiger partial charge >= 0.3 is 0 Å². The molecule has 1 unspecified atom stereocenters. The van der Waals surface area contributed by atoms with E-state index in [1.807, 2.05) is 12.1 Å². The normalized spacial score (nSPS) is 13.6. The van der Waals surface area contributed by atoms with Crippen molar-refractivity contribution in [1.29, 1.82) is 0 Å². The summed E-state index contributed by atoms with van der Waals surface area (Å²) in [6.07, 6.45) is 1.15. The Morgan fingerprint density at radius 2 is 2.00 bits per heavy atom. The van der Waals surface area contributed by atoms with Crippen LogP contribution in [0.25, 0.3) is 11.0 Å². The molecule has 1 aromatic heterocycles. The van der Waals surface area contributed by atoms with Crippen molar-refractivity contribution in [2.24, 2.45) is 5.92 Å². The summed E-state index contributed by atoms with van der Waals surface area (Å²) in [4.78, 5) is 6.92. The SMILES string of the molecule is Cc1nc2cc(N)ccc2n1C(CC(C)C)CN(C)C. The molecule has 1 atom stereocenters. The van der Waals surface area contributed by atoms with Crippen molar-refractivity contribution in [3.63, 3.8) is 0 Å². The maximum atomic E-state index is 5.86. The van der Waals surface area contributed by atoms with Crippen LogP contribution in [0.3, 0.4) is 0 Å². The second-order valence-electron chi connectivity index (χ2n) is 6.32. The van der Waals surface area contributed by atoms with Crippen LogP contribution in [-0.2, 0) is 0 Å². The van der Waals surface area contributed by atoms with Crippen LogP contribution in [0, 0.1) is 12.8 Å². The van der Waals surface area contributed by atoms with Crippen LogP contribution in [0.1, 0.15) is 32.1 Å². The molecule has 0 aliphatic carbocycles. The minimum atomic E-state index is 0.443. The lowest BCUT2D eigenvalue weighted by atomic mass is 10.0. The monoisotopic (exact) mass is 274 g/mol. The van der Waals surface area contributed by atoms with E-state index < -0.39 is 0 Å². The Bertz CT molecular complexity index is 573. The highest BCUT2D eigenvalue weighted by Crippen LogP contribution is 2.27. The number of fused-ring (bicyclic) bond motifs is 1. The average molecular weight is 274 g/mol. The molecular weight excluding hydrogens is 248 g/mol. The number of aryl methyl sites for hydroxylation is 1. The third-order valence-electron chi connectivity index (χ3n) is 3.57. The molecule has 110 valence electrons. The van der Waals surface area contributed by atoms with Crippen LogP contribution in [0.4, 0.5) is 5.69 Å². The zero-order chi connectivity index (χ0) is 14.9. The largest absolute Gasteiger partial charge is 0.399 e. The molecule has 1 aromatic carbocycles. The van der Waals surface area contributed by atoms with Gasteiger partial charge in [0.1, 0.15) is 5.82 Å². The molecule has 0 radical (unpaired) electrons. The molecule has 1 heterocycles. The van der Waals surface area contributed by atoms with E-state index in [9.17, 15) is 0 Å². The van der Waals surface area contributed by atoms with Crippen LogP contribution >= 0.6 is 0 Å². The molecule has 0 spiro atoms. The third kappa shape index (κ3) is 3.12. The van der Waals surface area contributed by atoms with Crippen LogP contribution in [0.15, 0.2) is 18.2 Å². The molecule has 0 amide bonds. The first kappa shape index (κ1) is 14.9. The Morgan fingerprint density at radius 3 is 2.60 bits per heavy atom. The summed E-state index contributed by atoms with van der Waals surface area (Å²) in [5, 5.41) is 0. The Hall–Kier alpha value is -1.55. The van der Waals surface area contributed by atoms with Crippen LogP contribution in [0.5, 0.6) is 0 Å². The van der Waals surface area contributed by atoms with Crippen LogP contribution in [0.2, 0.25) is 0 Å². The average Bonchev–Trinajstić information content (AvgIpc) is 2.61. The predicted molar refractivity (Wildman–Crippen MR) is 85.9 cm³/mol. The van der Waals surface area contributed by atoms with E-state index in [2.05, 4.69) is 55.4 Å². The van der Waals surface area contributed by atoms with E-state index in [0.29, 0.717) is 12.0 Å². The molecule has 4 heteroatoms. The van der Waals surface area contributed by atoms with E-state index in [4.69, 9.17) is 5.73 Å². The molecule has 2 rings (SSSR count). The number of likely N-dealkylation sites (N-methyl/N-ethyl adjacent to an activating group) is 1. The molecule has 0 aliphatic rings. The number of anilines is 1. The van der Waals surface area contributed by atoms with Gasteiger partial charge in [-0.3, -0.25) is 0 Å². The molecule has 0 bridgehead atoms. The molecule has 0 fully saturated rings. The van der Waals surface area contributed by atoms with Crippen molar-refractivity contribution in [2.75, 3.05) is 26.4 Å². The van der Waals surface area contributed by atoms with Crippen LogP contribution < -0.4 is 5.73 Å². The predicted octanol–water partition coefficient (Wildman–Crippen LogP) is 3.08. The number of rotatable bonds is 5. The van der Waals surface area contributed by atoms with Gasteiger partial charge in [0, 0.05) is 18.3 Å². The lowest BCUT2D eigenvalue weighted by Gasteiger charge is -2.26. The van der Waals surface area contributed by atoms with Crippen molar-refractivity contribution in [3.8, 4) is 0 Å². The Balaban J connectivity index is 2.48. The molecular formula is C16H26N4. The number of hydrogen-bond acceptors (Lipinski definition) is 3. The molecule has 0 aliphatic heterocycles. The highest BCUT2D eigenvalue weighted by atomic mass is 15.2. The number of nitrogen functional groups attached to an aromatic ring is 1. The minimum absolute atomic E-state index is 0.443. The number of nitrogens with zero attached hydrogens (tertiary/aromatic N) is 3. The summed E-state index contributed by atoms with van der Waals surface area (Å²) in [5.74, 6) is 1.73. The first-order valence-corrected chi connectivity index (χ1v) is 7.27. The number of imidazole rings is 1. The van der Waals surface area contributed by atoms with Gasteiger partial charge in [0.15, 0.2) is 0 Å². The molecule has 0 saturated heterocycles. The third-order valence-corrected chi connectivity index (χ3v) is 3.57. The molecule has 2 N–H and O–H groups in total. The summed E-state index contributed by atoms with van der Waals surface area (Å²) < 4.78 is 2.37. The van der Waals surface area contributed by atoms with Crippen molar-refractivity contribution in [3.05, 3.63) is 24.0 Å². The summed E-state index contributed by atoms with van der Waals surface area (Å²) in [6, 6.07) is 6.45. The van der Waals surface area contributed by atoms with Crippen molar-refractivity contribution >= 4 is 16.7 Å². The van der Waals surface area contributed by atoms with Crippen molar-refractivity contribution in [2.45, 2.75) is 33.2 Å². The maximum absolute atomic E-state index is 5.86. The van der Waals surface area contributed by atoms with Gasteiger partial charge in [0.25, 0.3) is 0 Å². The van der Waals surface area contributed by atoms with Crippen molar-refractivity contribution in [1.82, 2.24) is 14.5 Å². The van der Waals surface area contributed by atoms with Crippen LogP contribution in [-0.4, -0.2) is 35.1 Å². The van der Waals surface area contributed by atoms with E-state index in [1.165, 1.54) is 5.52 Å². The number of hydrogen-bond donors (Lipinski definition) is 1. The molecule has 4 nitrogen and oxygen atoms in total. The van der Waals surface area contributed by atoms with E-state index in [1.54, 1.807) is 0 Å². The van der Waals surface area contributed by atoms with E-state index in [0.717, 1.165) is 30.0 Å². The first-order chi connectivity index (χ1) is 9.38. The lowest BCUT2D eigenvalue weighted by Crippen LogP contribution is -2.26. The first-order valence-electron chi connectivity index (χ1n) is 7.27. The van der Waals surface area contributed by atoms with E-state index in [-0.39, 0.29) is 0 Å². The zero-order valence-electron chi connectivity index (χ0n) is 13.2. The number of nitrogens with two attached hydrogens (primary N) is 1. The smallest absolute Gasteiger partial charge is 0.107 e. The lowest BCUT2D eigenvalue weighted by molar-refractivity contribution is 0.290. The standard InChI is InChI=1S/C16H26N4/c1-11(2)8-14(10-19(4)5)20-12(3)18-15-9-13(17)6-7-16(15)20/h6-7,9,11,14H,8,10,17H2,1-5H3. The number of benzene rings is 1. The summed E-state index contributed by atoms with van der Waals surface area (Å²) in [7, 11) is 4.25. The van der Waals surface area contributed by atoms with E-state index >= 15 is 0 Å². The Morgan fingerprint density at radius 1 is 1.30 bits per heavy atom. The Labute approximate surface area is 121 Å². The van der Waals surface area contributed by atoms with Gasteiger partial charge < -0.3 is 15.2 Å². The van der Waals surface area contributed by atoms with Gasteiger partial charge in [-0.25, -0.2) is 4.98 Å². The zero-order valence-corrected chi connectivity index (χ0v) is 13.2. The molecule has 20 heavy (non-hydrogen) atoms. The highest BCUT2D eigenvalue weighted by molar-refractivity contribution is 5.79. The van der Waals surface area contributed by atoms with Gasteiger partial charge in [-0.05, 0) is 51.6 Å². The molecule has 0 saturated carbocycles. The van der Waals surface area contributed by atoms with Gasteiger partial charge in [0.05, 0.1) is 11.0 Å². The summed E-state index contributed by atoms with van der Waals surface area (Å²) in [5.41, 5.74) is 8.82. The fourth-order valence-corrected chi connectivity index (χ4v) is 2.92.